The first kappa shape index (κ1) is 26.7. The van der Waals surface area contributed by atoms with E-state index in [2.05, 4.69) is 10.6 Å². The minimum Gasteiger partial charge on any atom is -0.505 e. The van der Waals surface area contributed by atoms with Gasteiger partial charge in [0.15, 0.2) is 11.5 Å². The second-order valence-corrected chi connectivity index (χ2v) is 7.95. The number of phenols is 1. The predicted octanol–water partition coefficient (Wildman–Crippen LogP) is 2.95. The molecule has 0 radical (unpaired) electrons. The fraction of sp³-hybridized carbons (Fsp3) is 0.391. The van der Waals surface area contributed by atoms with Gasteiger partial charge in [0, 0.05) is 6.42 Å². The van der Waals surface area contributed by atoms with E-state index in [1.165, 1.54) is 6.07 Å². The van der Waals surface area contributed by atoms with Crippen molar-refractivity contribution in [1.29, 1.82) is 0 Å². The van der Waals surface area contributed by atoms with Crippen molar-refractivity contribution in [3.05, 3.63) is 57.6 Å². The number of aromatic hydroxyl groups is 1. The maximum Gasteiger partial charge on any atom is 0.329 e. The third-order valence-electron chi connectivity index (χ3n) is 4.67. The van der Waals surface area contributed by atoms with Gasteiger partial charge in [0.25, 0.3) is 5.91 Å². The van der Waals surface area contributed by atoms with Crippen LogP contribution in [0.25, 0.3) is 0 Å². The SMILES string of the molecule is CNCCCCOc1c(Cl)cc(C(=O)NC(Cc2ccccc2)C(=O)OCCO)c(O)c1Cl. The molecule has 4 N–H and O–H groups in total. The molecule has 1 unspecified atom stereocenters. The first-order valence-corrected chi connectivity index (χ1v) is 11.2. The fourth-order valence-electron chi connectivity index (χ4n) is 3.00. The summed E-state index contributed by atoms with van der Waals surface area (Å²) < 4.78 is 10.6. The molecule has 10 heteroatoms. The Morgan fingerprint density at radius 2 is 1.85 bits per heavy atom. The van der Waals surface area contributed by atoms with Crippen LogP contribution in [0.1, 0.15) is 28.8 Å². The van der Waals surface area contributed by atoms with Gasteiger partial charge in [0.2, 0.25) is 0 Å². The maximum absolute atomic E-state index is 12.9. The molecule has 2 aromatic rings. The Labute approximate surface area is 202 Å². The summed E-state index contributed by atoms with van der Waals surface area (Å²) in [7, 11) is 1.85. The Morgan fingerprint density at radius 1 is 1.12 bits per heavy atom. The topological polar surface area (TPSA) is 117 Å². The van der Waals surface area contributed by atoms with Gasteiger partial charge in [-0.05, 0) is 38.1 Å². The Bertz CT molecular complexity index is 927. The number of nitrogens with one attached hydrogen (secondary N) is 2. The first-order valence-electron chi connectivity index (χ1n) is 10.5. The van der Waals surface area contributed by atoms with Gasteiger partial charge in [0.1, 0.15) is 17.7 Å². The summed E-state index contributed by atoms with van der Waals surface area (Å²) in [5.74, 6) is -1.91. The van der Waals surface area contributed by atoms with E-state index in [4.69, 9.17) is 37.8 Å². The van der Waals surface area contributed by atoms with Crippen LogP contribution in [0.4, 0.5) is 0 Å². The van der Waals surface area contributed by atoms with E-state index < -0.39 is 23.7 Å². The number of phenolic OH excluding ortho intramolecular Hbond substituents is 1. The Balaban J connectivity index is 2.17. The number of esters is 1. The molecule has 2 aromatic carbocycles. The zero-order valence-electron chi connectivity index (χ0n) is 18.3. The average molecular weight is 499 g/mol. The molecule has 180 valence electrons. The normalized spacial score (nSPS) is 11.6. The highest BCUT2D eigenvalue weighted by Crippen LogP contribution is 2.42. The van der Waals surface area contributed by atoms with Crippen molar-refractivity contribution >= 4 is 35.1 Å². The van der Waals surface area contributed by atoms with Gasteiger partial charge in [-0.3, -0.25) is 4.79 Å². The summed E-state index contributed by atoms with van der Waals surface area (Å²) in [6.45, 7) is 0.617. The highest BCUT2D eigenvalue weighted by Gasteiger charge is 2.27. The molecule has 0 aliphatic carbocycles. The minimum absolute atomic E-state index is 0.0547. The number of carbonyl (C=O) groups is 2. The molecule has 0 aliphatic heterocycles. The van der Waals surface area contributed by atoms with E-state index in [1.807, 2.05) is 13.1 Å². The van der Waals surface area contributed by atoms with Crippen LogP contribution in [-0.2, 0) is 16.0 Å². The molecule has 8 nitrogen and oxygen atoms in total. The van der Waals surface area contributed by atoms with E-state index in [9.17, 15) is 14.7 Å². The maximum atomic E-state index is 12.9. The summed E-state index contributed by atoms with van der Waals surface area (Å²) in [5, 5.41) is 24.9. The second-order valence-electron chi connectivity index (χ2n) is 7.16. The van der Waals surface area contributed by atoms with Gasteiger partial charge in [-0.1, -0.05) is 53.5 Å². The molecule has 0 aromatic heterocycles. The Morgan fingerprint density at radius 3 is 2.52 bits per heavy atom. The molecule has 0 fully saturated rings. The second kappa shape index (κ2) is 13.9. The molecule has 0 saturated heterocycles. The van der Waals surface area contributed by atoms with Gasteiger partial charge < -0.3 is 30.3 Å². The number of amides is 1. The minimum atomic E-state index is -1.06. The Hall–Kier alpha value is -2.52. The van der Waals surface area contributed by atoms with Crippen molar-refractivity contribution in [2.24, 2.45) is 0 Å². The number of aliphatic hydroxyl groups is 1. The van der Waals surface area contributed by atoms with Crippen LogP contribution in [0, 0.1) is 0 Å². The molecule has 1 atom stereocenters. The predicted molar refractivity (Wildman–Crippen MR) is 126 cm³/mol. The highest BCUT2D eigenvalue weighted by atomic mass is 35.5. The number of unbranched alkanes of at least 4 members (excludes halogenated alkanes) is 1. The van der Waals surface area contributed by atoms with E-state index in [0.29, 0.717) is 6.61 Å². The third kappa shape index (κ3) is 8.08. The van der Waals surface area contributed by atoms with Crippen LogP contribution in [0.15, 0.2) is 36.4 Å². The van der Waals surface area contributed by atoms with Gasteiger partial charge in [-0.25, -0.2) is 4.79 Å². The summed E-state index contributed by atoms with van der Waals surface area (Å²) in [6.07, 6.45) is 1.77. The van der Waals surface area contributed by atoms with Crippen LogP contribution in [-0.4, -0.2) is 61.5 Å². The van der Waals surface area contributed by atoms with E-state index in [1.54, 1.807) is 24.3 Å². The average Bonchev–Trinajstić information content (AvgIpc) is 2.81. The molecule has 0 aliphatic rings. The highest BCUT2D eigenvalue weighted by molar-refractivity contribution is 6.39. The number of ether oxygens (including phenoxy) is 2. The van der Waals surface area contributed by atoms with Gasteiger partial charge in [-0.2, -0.15) is 0 Å². The lowest BCUT2D eigenvalue weighted by Gasteiger charge is -2.19. The van der Waals surface area contributed by atoms with Crippen LogP contribution in [0.3, 0.4) is 0 Å². The van der Waals surface area contributed by atoms with Crippen molar-refractivity contribution in [3.8, 4) is 11.5 Å². The molecular formula is C23H28Cl2N2O6. The number of carbonyl (C=O) groups excluding carboxylic acids is 2. The van der Waals surface area contributed by atoms with Crippen molar-refractivity contribution < 1.29 is 29.3 Å². The van der Waals surface area contributed by atoms with Crippen molar-refractivity contribution in [3.63, 3.8) is 0 Å². The Kier molecular flexibility index (Phi) is 11.3. The zero-order chi connectivity index (χ0) is 24.2. The fourth-order valence-corrected chi connectivity index (χ4v) is 3.57. The number of hydrogen-bond acceptors (Lipinski definition) is 7. The molecule has 1 amide bonds. The van der Waals surface area contributed by atoms with Crippen LogP contribution >= 0.6 is 23.2 Å². The number of benzene rings is 2. The first-order chi connectivity index (χ1) is 15.9. The number of hydrogen-bond donors (Lipinski definition) is 4. The molecule has 0 saturated carbocycles. The molecule has 0 bridgehead atoms. The summed E-state index contributed by atoms with van der Waals surface area (Å²) in [5.41, 5.74) is 0.576. The molecule has 0 heterocycles. The lowest BCUT2D eigenvalue weighted by molar-refractivity contribution is -0.146. The molecule has 2 rings (SSSR count). The lowest BCUT2D eigenvalue weighted by atomic mass is 10.1. The number of halogens is 2. The zero-order valence-corrected chi connectivity index (χ0v) is 19.8. The summed E-state index contributed by atoms with van der Waals surface area (Å²) >= 11 is 12.5. The van der Waals surface area contributed by atoms with Crippen LogP contribution < -0.4 is 15.4 Å². The van der Waals surface area contributed by atoms with E-state index in [-0.39, 0.29) is 41.0 Å². The molecule has 0 spiro atoms. The quantitative estimate of drug-likeness (QED) is 0.247. The summed E-state index contributed by atoms with van der Waals surface area (Å²) in [4.78, 5) is 25.4. The largest absolute Gasteiger partial charge is 0.505 e. The van der Waals surface area contributed by atoms with Crippen LogP contribution in [0.2, 0.25) is 10.0 Å². The third-order valence-corrected chi connectivity index (χ3v) is 5.30. The van der Waals surface area contributed by atoms with Gasteiger partial charge in [-0.15, -0.1) is 0 Å². The lowest BCUT2D eigenvalue weighted by Crippen LogP contribution is -2.43. The van der Waals surface area contributed by atoms with Crippen molar-refractivity contribution in [1.82, 2.24) is 10.6 Å². The van der Waals surface area contributed by atoms with Crippen LogP contribution in [0.5, 0.6) is 11.5 Å². The van der Waals surface area contributed by atoms with Crippen molar-refractivity contribution in [2.45, 2.75) is 25.3 Å². The number of rotatable bonds is 13. The van der Waals surface area contributed by atoms with E-state index >= 15 is 0 Å². The van der Waals surface area contributed by atoms with E-state index in [0.717, 1.165) is 24.9 Å². The smallest absolute Gasteiger partial charge is 0.329 e. The standard InChI is InChI=1S/C23H28Cl2N2O6/c1-26-9-5-6-11-32-21-17(24)14-16(20(29)19(21)25)22(30)27-18(23(31)33-12-10-28)13-15-7-3-2-4-8-15/h2-4,7-8,14,18,26,28-29H,5-6,9-13H2,1H3,(H,27,30). The molecular weight excluding hydrogens is 471 g/mol. The molecule has 33 heavy (non-hydrogen) atoms. The van der Waals surface area contributed by atoms with Gasteiger partial charge >= 0.3 is 5.97 Å². The monoisotopic (exact) mass is 498 g/mol. The number of aliphatic hydroxyl groups excluding tert-OH is 1. The summed E-state index contributed by atoms with van der Waals surface area (Å²) in [6, 6.07) is 9.20. The van der Waals surface area contributed by atoms with Crippen molar-refractivity contribution in [2.75, 3.05) is 33.4 Å². The van der Waals surface area contributed by atoms with Gasteiger partial charge in [0.05, 0.1) is 23.8 Å².